The zero-order valence-electron chi connectivity index (χ0n) is 9.62. The Balaban J connectivity index is 2.16. The molecule has 2 saturated heterocycles. The summed E-state index contributed by atoms with van der Waals surface area (Å²) in [6, 6.07) is -0.665. The fourth-order valence-electron chi connectivity index (χ4n) is 2.07. The minimum atomic E-state index is -0.734. The zero-order valence-corrected chi connectivity index (χ0v) is 9.62. The third-order valence-electron chi connectivity index (χ3n) is 2.72. The maximum atomic E-state index is 11.0. The molecule has 5 atom stereocenters. The number of nitrogens with two attached hydrogens (primary N) is 1. The summed E-state index contributed by atoms with van der Waals surface area (Å²) in [4.78, 5) is 22.0. The van der Waals surface area contributed by atoms with Gasteiger partial charge in [-0.15, -0.1) is 0 Å². The lowest BCUT2D eigenvalue weighted by Gasteiger charge is -2.37. The van der Waals surface area contributed by atoms with Gasteiger partial charge in [-0.3, -0.25) is 9.59 Å². The number of ether oxygens (including phenoxy) is 4. The molecule has 2 bridgehead atoms. The van der Waals surface area contributed by atoms with Gasteiger partial charge in [0.2, 0.25) is 0 Å². The summed E-state index contributed by atoms with van der Waals surface area (Å²) >= 11 is 0. The highest BCUT2D eigenvalue weighted by molar-refractivity contribution is 5.67. The van der Waals surface area contributed by atoms with E-state index >= 15 is 0 Å². The van der Waals surface area contributed by atoms with Crippen LogP contribution in [0.1, 0.15) is 13.8 Å². The van der Waals surface area contributed by atoms with E-state index in [1.54, 1.807) is 0 Å². The third kappa shape index (κ3) is 2.41. The molecule has 96 valence electrons. The summed E-state index contributed by atoms with van der Waals surface area (Å²) < 4.78 is 20.9. The van der Waals surface area contributed by atoms with Gasteiger partial charge in [-0.2, -0.15) is 0 Å². The SMILES string of the molecule is CC(=O)O[C@H]1[C@H](OC(C)=O)[C@@H](N)C2OC[C@H]1O2. The Hall–Kier alpha value is -1.18. The second kappa shape index (κ2) is 4.59. The minimum absolute atomic E-state index is 0.272. The molecule has 2 N–H and O–H groups in total. The van der Waals surface area contributed by atoms with E-state index in [1.165, 1.54) is 13.8 Å². The Morgan fingerprint density at radius 1 is 1.18 bits per heavy atom. The fraction of sp³-hybridized carbons (Fsp3) is 0.800. The van der Waals surface area contributed by atoms with Crippen LogP contribution in [0.15, 0.2) is 0 Å². The molecule has 2 aliphatic heterocycles. The van der Waals surface area contributed by atoms with Crippen LogP contribution in [0.2, 0.25) is 0 Å². The van der Waals surface area contributed by atoms with E-state index in [4.69, 9.17) is 24.7 Å². The lowest BCUT2D eigenvalue weighted by atomic mass is 9.99. The molecule has 2 fully saturated rings. The Bertz CT molecular complexity index is 317. The van der Waals surface area contributed by atoms with Crippen molar-refractivity contribution in [3.8, 4) is 0 Å². The van der Waals surface area contributed by atoms with Crippen molar-refractivity contribution in [3.63, 3.8) is 0 Å². The Labute approximate surface area is 98.1 Å². The largest absolute Gasteiger partial charge is 0.457 e. The first-order valence-corrected chi connectivity index (χ1v) is 5.36. The van der Waals surface area contributed by atoms with E-state index in [-0.39, 0.29) is 6.61 Å². The molecule has 2 rings (SSSR count). The highest BCUT2D eigenvalue weighted by atomic mass is 16.7. The number of rotatable bonds is 2. The van der Waals surface area contributed by atoms with Crippen LogP contribution in [0.25, 0.3) is 0 Å². The normalized spacial score (nSPS) is 39.8. The van der Waals surface area contributed by atoms with Gasteiger partial charge in [0, 0.05) is 13.8 Å². The van der Waals surface area contributed by atoms with E-state index in [0.717, 1.165) is 0 Å². The smallest absolute Gasteiger partial charge is 0.303 e. The highest BCUT2D eigenvalue weighted by Gasteiger charge is 2.52. The van der Waals surface area contributed by atoms with Crippen molar-refractivity contribution in [2.45, 2.75) is 44.5 Å². The first kappa shape index (κ1) is 12.3. The monoisotopic (exact) mass is 245 g/mol. The molecule has 2 heterocycles. The van der Waals surface area contributed by atoms with Gasteiger partial charge in [-0.25, -0.2) is 0 Å². The fourth-order valence-corrected chi connectivity index (χ4v) is 2.07. The van der Waals surface area contributed by atoms with Crippen LogP contribution < -0.4 is 5.73 Å². The van der Waals surface area contributed by atoms with Gasteiger partial charge >= 0.3 is 11.9 Å². The van der Waals surface area contributed by atoms with E-state index in [0.29, 0.717) is 0 Å². The standard InChI is InChI=1S/C10H15NO6/c1-4(12)15-8-6-3-14-10(17-6)7(11)9(8)16-5(2)13/h6-10H,3,11H2,1-2H3/t6-,7-,8-,9-,10?/m1/s1. The van der Waals surface area contributed by atoms with Gasteiger partial charge in [0.1, 0.15) is 6.10 Å². The molecule has 17 heavy (non-hydrogen) atoms. The van der Waals surface area contributed by atoms with Crippen LogP contribution in [0.5, 0.6) is 0 Å². The third-order valence-corrected chi connectivity index (χ3v) is 2.72. The van der Waals surface area contributed by atoms with E-state index < -0.39 is 42.6 Å². The molecular weight excluding hydrogens is 230 g/mol. The molecule has 7 heteroatoms. The minimum Gasteiger partial charge on any atom is -0.457 e. The van der Waals surface area contributed by atoms with Crippen LogP contribution in [0.4, 0.5) is 0 Å². The summed E-state index contributed by atoms with van der Waals surface area (Å²) in [6.07, 6.45) is -2.50. The second-order valence-corrected chi connectivity index (χ2v) is 4.10. The van der Waals surface area contributed by atoms with Crippen molar-refractivity contribution in [3.05, 3.63) is 0 Å². The molecule has 0 aromatic heterocycles. The summed E-state index contributed by atoms with van der Waals surface area (Å²) in [5.74, 6) is -0.961. The van der Waals surface area contributed by atoms with Crippen molar-refractivity contribution in [2.75, 3.05) is 6.61 Å². The summed E-state index contributed by atoms with van der Waals surface area (Å²) in [7, 11) is 0. The predicted molar refractivity (Wildman–Crippen MR) is 53.7 cm³/mol. The number of hydrogen-bond donors (Lipinski definition) is 1. The van der Waals surface area contributed by atoms with Gasteiger partial charge in [-0.1, -0.05) is 0 Å². The lowest BCUT2D eigenvalue weighted by Crippen LogP contribution is -2.60. The number of carbonyl (C=O) groups is 2. The molecule has 0 aromatic rings. The van der Waals surface area contributed by atoms with Gasteiger partial charge in [0.15, 0.2) is 18.5 Å². The average Bonchev–Trinajstić information content (AvgIpc) is 2.65. The number of carbonyl (C=O) groups excluding carboxylic acids is 2. The first-order valence-electron chi connectivity index (χ1n) is 5.36. The molecule has 0 amide bonds. The van der Waals surface area contributed by atoms with Crippen LogP contribution in [0, 0.1) is 0 Å². The highest BCUT2D eigenvalue weighted by Crippen LogP contribution is 2.30. The molecular formula is C10H15NO6. The summed E-state index contributed by atoms with van der Waals surface area (Å²) in [6.45, 7) is 2.82. The van der Waals surface area contributed by atoms with Crippen LogP contribution in [-0.4, -0.2) is 49.2 Å². The van der Waals surface area contributed by atoms with E-state index in [2.05, 4.69) is 0 Å². The quantitative estimate of drug-likeness (QED) is 0.619. The van der Waals surface area contributed by atoms with Gasteiger partial charge in [-0.05, 0) is 0 Å². The molecule has 0 saturated carbocycles. The summed E-state index contributed by atoms with van der Waals surface area (Å²) in [5.41, 5.74) is 5.86. The van der Waals surface area contributed by atoms with Crippen LogP contribution >= 0.6 is 0 Å². The molecule has 2 aliphatic rings. The molecule has 0 radical (unpaired) electrons. The van der Waals surface area contributed by atoms with Crippen molar-refractivity contribution in [1.29, 1.82) is 0 Å². The zero-order chi connectivity index (χ0) is 12.6. The van der Waals surface area contributed by atoms with E-state index in [9.17, 15) is 9.59 Å². The van der Waals surface area contributed by atoms with Crippen molar-refractivity contribution in [2.24, 2.45) is 5.73 Å². The molecule has 7 nitrogen and oxygen atoms in total. The van der Waals surface area contributed by atoms with Crippen LogP contribution in [-0.2, 0) is 28.5 Å². The summed E-state index contributed by atoms with van der Waals surface area (Å²) in [5, 5.41) is 0. The Kier molecular flexibility index (Phi) is 3.32. The van der Waals surface area contributed by atoms with Crippen LogP contribution in [0.3, 0.4) is 0 Å². The maximum absolute atomic E-state index is 11.0. The van der Waals surface area contributed by atoms with Gasteiger partial charge in [0.05, 0.1) is 12.6 Å². The molecule has 0 aromatic carbocycles. The molecule has 0 aliphatic carbocycles. The second-order valence-electron chi connectivity index (χ2n) is 4.10. The van der Waals surface area contributed by atoms with Gasteiger partial charge in [0.25, 0.3) is 0 Å². The van der Waals surface area contributed by atoms with Crippen molar-refractivity contribution < 1.29 is 28.5 Å². The topological polar surface area (TPSA) is 97.1 Å². The first-order chi connectivity index (χ1) is 7.99. The number of esters is 2. The molecule has 1 unspecified atom stereocenters. The lowest BCUT2D eigenvalue weighted by molar-refractivity contribution is -0.209. The average molecular weight is 245 g/mol. The van der Waals surface area contributed by atoms with Gasteiger partial charge < -0.3 is 24.7 Å². The molecule has 0 spiro atoms. The maximum Gasteiger partial charge on any atom is 0.303 e. The van der Waals surface area contributed by atoms with Crippen molar-refractivity contribution >= 4 is 11.9 Å². The number of hydrogen-bond acceptors (Lipinski definition) is 7. The Morgan fingerprint density at radius 3 is 2.35 bits per heavy atom. The predicted octanol–water partition coefficient (Wildman–Crippen LogP) is -1.07. The van der Waals surface area contributed by atoms with E-state index in [1.807, 2.05) is 0 Å². The number of fused-ring (bicyclic) bond motifs is 2. The Morgan fingerprint density at radius 2 is 1.76 bits per heavy atom. The van der Waals surface area contributed by atoms with Crippen molar-refractivity contribution in [1.82, 2.24) is 0 Å².